The van der Waals surface area contributed by atoms with Gasteiger partial charge in [-0.2, -0.15) is 0 Å². The number of nitrogen functional groups attached to an aromatic ring is 1. The summed E-state index contributed by atoms with van der Waals surface area (Å²) >= 11 is 0. The second-order valence-corrected chi connectivity index (χ2v) is 4.97. The van der Waals surface area contributed by atoms with Crippen LogP contribution < -0.4 is 10.6 Å². The van der Waals surface area contributed by atoms with Crippen LogP contribution in [0.15, 0.2) is 41.2 Å². The number of nitrogens with two attached hydrogens (primary N) is 1. The van der Waals surface area contributed by atoms with Gasteiger partial charge in [0.1, 0.15) is 6.26 Å². The fourth-order valence-electron chi connectivity index (χ4n) is 2.82. The molecule has 94 valence electrons. The second kappa shape index (κ2) is 4.41. The van der Waals surface area contributed by atoms with Crippen molar-refractivity contribution in [3.63, 3.8) is 0 Å². The second-order valence-electron chi connectivity index (χ2n) is 4.97. The quantitative estimate of drug-likeness (QED) is 0.823. The van der Waals surface area contributed by atoms with Crippen LogP contribution in [0.3, 0.4) is 0 Å². The van der Waals surface area contributed by atoms with Gasteiger partial charge >= 0.3 is 0 Å². The lowest BCUT2D eigenvalue weighted by atomic mass is 9.86. The van der Waals surface area contributed by atoms with Crippen molar-refractivity contribution in [2.24, 2.45) is 0 Å². The highest BCUT2D eigenvalue weighted by atomic mass is 16.3. The van der Waals surface area contributed by atoms with Crippen molar-refractivity contribution in [1.29, 1.82) is 0 Å². The van der Waals surface area contributed by atoms with Gasteiger partial charge in [0.2, 0.25) is 0 Å². The summed E-state index contributed by atoms with van der Waals surface area (Å²) < 4.78 is 5.15. The molecule has 3 rings (SSSR count). The van der Waals surface area contributed by atoms with Gasteiger partial charge in [0.15, 0.2) is 0 Å². The van der Waals surface area contributed by atoms with E-state index in [0.717, 1.165) is 30.6 Å². The Hall–Kier alpha value is -1.90. The number of fused-ring (bicyclic) bond motifs is 1. The first-order chi connectivity index (χ1) is 8.75. The van der Waals surface area contributed by atoms with Gasteiger partial charge in [0, 0.05) is 18.8 Å². The maximum Gasteiger partial charge on any atom is 0.114 e. The van der Waals surface area contributed by atoms with E-state index < -0.39 is 0 Å². The Kier molecular flexibility index (Phi) is 2.74. The van der Waals surface area contributed by atoms with Crippen LogP contribution in [0.2, 0.25) is 0 Å². The summed E-state index contributed by atoms with van der Waals surface area (Å²) in [6.45, 7) is 0. The minimum absolute atomic E-state index is 0.525. The van der Waals surface area contributed by atoms with E-state index >= 15 is 0 Å². The fourth-order valence-corrected chi connectivity index (χ4v) is 2.82. The molecule has 3 heteroatoms. The molecule has 0 radical (unpaired) electrons. The molecule has 0 bridgehead atoms. The zero-order valence-corrected chi connectivity index (χ0v) is 10.6. The van der Waals surface area contributed by atoms with Gasteiger partial charge in [0.25, 0.3) is 0 Å². The summed E-state index contributed by atoms with van der Waals surface area (Å²) in [5.74, 6) is 0. The summed E-state index contributed by atoms with van der Waals surface area (Å²) in [6.07, 6.45) is 6.79. The van der Waals surface area contributed by atoms with E-state index in [1.165, 1.54) is 11.1 Å². The molecule has 1 unspecified atom stereocenters. The largest absolute Gasteiger partial charge is 0.470 e. The topological polar surface area (TPSA) is 42.4 Å². The molecule has 0 spiro atoms. The van der Waals surface area contributed by atoms with Crippen LogP contribution in [-0.2, 0) is 12.8 Å². The molecule has 0 aliphatic heterocycles. The molecule has 1 heterocycles. The van der Waals surface area contributed by atoms with Gasteiger partial charge in [0.05, 0.1) is 12.0 Å². The molecule has 0 saturated carbocycles. The summed E-state index contributed by atoms with van der Waals surface area (Å²) in [6, 6.07) is 8.78. The van der Waals surface area contributed by atoms with Gasteiger partial charge in [-0.3, -0.25) is 0 Å². The average molecular weight is 242 g/mol. The Labute approximate surface area is 107 Å². The Morgan fingerprint density at radius 2 is 2.22 bits per heavy atom. The van der Waals surface area contributed by atoms with Crippen molar-refractivity contribution in [3.8, 4) is 0 Å². The van der Waals surface area contributed by atoms with Gasteiger partial charge < -0.3 is 15.1 Å². The highest BCUT2D eigenvalue weighted by molar-refractivity contribution is 5.53. The van der Waals surface area contributed by atoms with Crippen LogP contribution in [0.4, 0.5) is 11.4 Å². The Bertz CT molecular complexity index is 533. The van der Waals surface area contributed by atoms with E-state index in [9.17, 15) is 0 Å². The highest BCUT2D eigenvalue weighted by Crippen LogP contribution is 2.30. The molecule has 0 fully saturated rings. The van der Waals surface area contributed by atoms with E-state index in [2.05, 4.69) is 18.0 Å². The molecule has 0 amide bonds. The maximum absolute atomic E-state index is 6.03. The van der Waals surface area contributed by atoms with Crippen LogP contribution in [-0.4, -0.2) is 13.1 Å². The molecular weight excluding hydrogens is 224 g/mol. The lowest BCUT2D eigenvalue weighted by molar-refractivity contribution is 0.538. The van der Waals surface area contributed by atoms with Crippen LogP contribution >= 0.6 is 0 Å². The van der Waals surface area contributed by atoms with E-state index in [1.807, 2.05) is 18.2 Å². The van der Waals surface area contributed by atoms with Crippen LogP contribution in [0.1, 0.15) is 17.5 Å². The minimum atomic E-state index is 0.525. The van der Waals surface area contributed by atoms with E-state index in [0.29, 0.717) is 6.04 Å². The lowest BCUT2D eigenvalue weighted by Crippen LogP contribution is -2.36. The number of nitrogens with zero attached hydrogens (tertiary/aromatic N) is 1. The first-order valence-corrected chi connectivity index (χ1v) is 6.37. The normalized spacial score (nSPS) is 18.4. The predicted molar refractivity (Wildman–Crippen MR) is 73.8 cm³/mol. The van der Waals surface area contributed by atoms with Crippen LogP contribution in [0.25, 0.3) is 0 Å². The van der Waals surface area contributed by atoms with E-state index in [-0.39, 0.29) is 0 Å². The number of hydrogen-bond acceptors (Lipinski definition) is 3. The zero-order chi connectivity index (χ0) is 12.5. The molecule has 0 saturated heterocycles. The molecule has 1 aliphatic carbocycles. The summed E-state index contributed by atoms with van der Waals surface area (Å²) in [7, 11) is 2.13. The Morgan fingerprint density at radius 3 is 3.00 bits per heavy atom. The van der Waals surface area contributed by atoms with E-state index in [4.69, 9.17) is 10.2 Å². The molecule has 1 aromatic heterocycles. The van der Waals surface area contributed by atoms with Crippen molar-refractivity contribution in [3.05, 3.63) is 47.9 Å². The van der Waals surface area contributed by atoms with Crippen molar-refractivity contribution >= 4 is 11.4 Å². The van der Waals surface area contributed by atoms with Crippen LogP contribution in [0, 0.1) is 0 Å². The molecule has 1 aliphatic rings. The number of rotatable bonds is 2. The molecule has 2 N–H and O–H groups in total. The minimum Gasteiger partial charge on any atom is -0.470 e. The molecule has 1 atom stereocenters. The van der Waals surface area contributed by atoms with Crippen molar-refractivity contribution in [2.75, 3.05) is 17.7 Å². The molecule has 2 aromatic rings. The SMILES string of the molecule is CN(c1ccoc1)C1CCc2c(N)cccc2C1. The number of likely N-dealkylation sites (N-methyl/N-ethyl adjacent to an activating group) is 1. The fraction of sp³-hybridized carbons (Fsp3) is 0.333. The molecule has 1 aromatic carbocycles. The summed E-state index contributed by atoms with van der Waals surface area (Å²) in [5.41, 5.74) is 10.8. The Morgan fingerprint density at radius 1 is 1.33 bits per heavy atom. The first-order valence-electron chi connectivity index (χ1n) is 6.37. The van der Waals surface area contributed by atoms with Gasteiger partial charge in [-0.15, -0.1) is 0 Å². The van der Waals surface area contributed by atoms with Gasteiger partial charge in [-0.1, -0.05) is 12.1 Å². The summed E-state index contributed by atoms with van der Waals surface area (Å²) in [5, 5.41) is 0. The van der Waals surface area contributed by atoms with E-state index in [1.54, 1.807) is 12.5 Å². The van der Waals surface area contributed by atoms with Gasteiger partial charge in [-0.05, 0) is 42.5 Å². The molecule has 18 heavy (non-hydrogen) atoms. The number of hydrogen-bond donors (Lipinski definition) is 1. The number of anilines is 2. The predicted octanol–water partition coefficient (Wildman–Crippen LogP) is 2.86. The number of furan rings is 1. The standard InChI is InChI=1S/C15H18N2O/c1-17(13-7-8-18-10-13)12-5-6-14-11(9-12)3-2-4-15(14)16/h2-4,7-8,10,12H,5-6,9,16H2,1H3. The number of benzene rings is 1. The molecular formula is C15H18N2O. The van der Waals surface area contributed by atoms with Crippen molar-refractivity contribution < 1.29 is 4.42 Å². The zero-order valence-electron chi connectivity index (χ0n) is 10.6. The monoisotopic (exact) mass is 242 g/mol. The average Bonchev–Trinajstić information content (AvgIpc) is 2.91. The smallest absolute Gasteiger partial charge is 0.114 e. The third kappa shape index (κ3) is 1.86. The van der Waals surface area contributed by atoms with Crippen LogP contribution in [0.5, 0.6) is 0 Å². The first kappa shape index (κ1) is 11.2. The van der Waals surface area contributed by atoms with Gasteiger partial charge in [-0.25, -0.2) is 0 Å². The lowest BCUT2D eigenvalue weighted by Gasteiger charge is -2.33. The molecule has 3 nitrogen and oxygen atoms in total. The Balaban J connectivity index is 1.83. The van der Waals surface area contributed by atoms with Crippen molar-refractivity contribution in [1.82, 2.24) is 0 Å². The third-order valence-corrected chi connectivity index (χ3v) is 3.95. The summed E-state index contributed by atoms with van der Waals surface area (Å²) in [4.78, 5) is 2.30. The third-order valence-electron chi connectivity index (χ3n) is 3.95. The maximum atomic E-state index is 6.03. The highest BCUT2D eigenvalue weighted by Gasteiger charge is 2.23. The van der Waals surface area contributed by atoms with Crippen molar-refractivity contribution in [2.45, 2.75) is 25.3 Å².